The number of rotatable bonds is 1. The summed E-state index contributed by atoms with van der Waals surface area (Å²) in [6.07, 6.45) is 2.23. The van der Waals surface area contributed by atoms with Crippen LogP contribution in [0.5, 0.6) is 0 Å². The van der Waals surface area contributed by atoms with Crippen molar-refractivity contribution >= 4 is 11.8 Å². The van der Waals surface area contributed by atoms with Crippen LogP contribution in [0.25, 0.3) is 0 Å². The predicted molar refractivity (Wildman–Crippen MR) is 52.3 cm³/mol. The number of nitrogens with zero attached hydrogens (tertiary/aromatic N) is 2. The quantitative estimate of drug-likeness (QED) is 0.614. The molecule has 4 rings (SSSR count). The Morgan fingerprint density at radius 1 is 1.38 bits per heavy atom. The summed E-state index contributed by atoms with van der Waals surface area (Å²) in [6, 6.07) is 2.89. The molecule has 0 aromatic carbocycles. The molecule has 0 radical (unpaired) electrons. The fraction of sp³-hybridized carbons (Fsp3) is 0.400. The third kappa shape index (κ3) is 0.959. The number of carbonyl (C=O) groups excluding carboxylic acids is 2. The molecule has 3 aliphatic rings. The lowest BCUT2D eigenvalue weighted by atomic mass is 9.64. The van der Waals surface area contributed by atoms with Gasteiger partial charge in [0.15, 0.2) is 0 Å². The molecule has 0 atom stereocenters. The van der Waals surface area contributed by atoms with Gasteiger partial charge in [-0.1, -0.05) is 0 Å². The highest BCUT2D eigenvalue weighted by Gasteiger charge is 2.60. The van der Waals surface area contributed by atoms with Gasteiger partial charge in [0.1, 0.15) is 5.54 Å². The zero-order valence-electron chi connectivity index (χ0n) is 8.34. The van der Waals surface area contributed by atoms with Gasteiger partial charge in [0.25, 0.3) is 11.5 Å². The number of hydrogen-bond donors (Lipinski definition) is 1. The fourth-order valence-corrected chi connectivity index (χ4v) is 2.41. The Kier molecular flexibility index (Phi) is 1.61. The van der Waals surface area contributed by atoms with Crippen LogP contribution < -0.4 is 10.9 Å². The largest absolute Gasteiger partial charge is 0.294 e. The van der Waals surface area contributed by atoms with E-state index in [4.69, 9.17) is 0 Å². The Morgan fingerprint density at radius 3 is 2.75 bits per heavy atom. The minimum absolute atomic E-state index is 0.161. The molecule has 2 aliphatic heterocycles. The van der Waals surface area contributed by atoms with E-state index in [-0.39, 0.29) is 17.4 Å². The summed E-state index contributed by atoms with van der Waals surface area (Å²) in [7, 11) is 0. The lowest BCUT2D eigenvalue weighted by molar-refractivity contribution is -0.158. The van der Waals surface area contributed by atoms with Crippen molar-refractivity contribution in [3.05, 3.63) is 28.7 Å². The Balaban J connectivity index is 2.09. The van der Waals surface area contributed by atoms with Crippen LogP contribution in [0.1, 0.15) is 12.8 Å². The molecular weight excluding hydrogens is 210 g/mol. The van der Waals surface area contributed by atoms with E-state index in [1.54, 1.807) is 0 Å². The van der Waals surface area contributed by atoms with Crippen molar-refractivity contribution in [2.45, 2.75) is 18.4 Å². The third-order valence-corrected chi connectivity index (χ3v) is 3.32. The first-order valence-corrected chi connectivity index (χ1v) is 5.04. The second-order valence-corrected chi connectivity index (χ2v) is 4.23. The lowest BCUT2D eigenvalue weighted by Crippen LogP contribution is -2.68. The topological polar surface area (TPSA) is 81.1 Å². The first kappa shape index (κ1) is 9.26. The Hall–Kier alpha value is -1.98. The van der Waals surface area contributed by atoms with Gasteiger partial charge in [-0.25, -0.2) is 4.68 Å². The van der Waals surface area contributed by atoms with E-state index in [9.17, 15) is 14.4 Å². The highest BCUT2D eigenvalue weighted by molar-refractivity contribution is 6.05. The maximum atomic E-state index is 11.8. The summed E-state index contributed by atoms with van der Waals surface area (Å²) in [4.78, 5) is 34.7. The average molecular weight is 219 g/mol. The number of hydrogen-bond acceptors (Lipinski definition) is 4. The van der Waals surface area contributed by atoms with Gasteiger partial charge in [-0.15, -0.1) is 0 Å². The summed E-state index contributed by atoms with van der Waals surface area (Å²) in [5.74, 6) is -0.816. The van der Waals surface area contributed by atoms with Gasteiger partial charge in [-0.3, -0.25) is 19.7 Å². The van der Waals surface area contributed by atoms with Gasteiger partial charge in [-0.05, 0) is 18.9 Å². The van der Waals surface area contributed by atoms with Crippen molar-refractivity contribution in [3.63, 3.8) is 0 Å². The second kappa shape index (κ2) is 2.78. The lowest BCUT2D eigenvalue weighted by Gasteiger charge is -2.49. The molecular formula is C10H9N3O3. The Bertz CT molecular complexity index is 542. The normalized spacial score (nSPS) is 31.9. The maximum Gasteiger partial charge on any atom is 0.267 e. The van der Waals surface area contributed by atoms with E-state index >= 15 is 0 Å². The van der Waals surface area contributed by atoms with Gasteiger partial charge in [0, 0.05) is 18.2 Å². The van der Waals surface area contributed by atoms with Crippen LogP contribution in [-0.4, -0.2) is 21.6 Å². The number of aromatic nitrogens is 2. The van der Waals surface area contributed by atoms with E-state index in [1.165, 1.54) is 23.0 Å². The van der Waals surface area contributed by atoms with E-state index < -0.39 is 11.4 Å². The molecule has 1 aromatic heterocycles. The van der Waals surface area contributed by atoms with Crippen molar-refractivity contribution in [1.29, 1.82) is 0 Å². The van der Waals surface area contributed by atoms with Crippen molar-refractivity contribution in [3.8, 4) is 0 Å². The van der Waals surface area contributed by atoms with Crippen molar-refractivity contribution in [1.82, 2.24) is 15.1 Å². The first-order valence-electron chi connectivity index (χ1n) is 5.04. The minimum Gasteiger partial charge on any atom is -0.294 e. The van der Waals surface area contributed by atoms with Crippen molar-refractivity contribution in [2.24, 2.45) is 5.92 Å². The summed E-state index contributed by atoms with van der Waals surface area (Å²) in [5, 5.41) is 6.19. The molecule has 2 saturated heterocycles. The molecule has 0 spiro atoms. The van der Waals surface area contributed by atoms with Gasteiger partial charge in [0.2, 0.25) is 5.91 Å². The highest BCUT2D eigenvalue weighted by atomic mass is 16.2. The van der Waals surface area contributed by atoms with Gasteiger partial charge < -0.3 is 0 Å². The number of fused-ring (bicyclic) bond motifs is 2. The second-order valence-electron chi connectivity index (χ2n) is 4.23. The SMILES string of the molecule is O=C1NC(=O)C2(n3ncccc3=O)CC1C2. The monoisotopic (exact) mass is 219 g/mol. The highest BCUT2D eigenvalue weighted by Crippen LogP contribution is 2.46. The van der Waals surface area contributed by atoms with Gasteiger partial charge >= 0.3 is 0 Å². The van der Waals surface area contributed by atoms with Crippen LogP contribution in [0.3, 0.4) is 0 Å². The van der Waals surface area contributed by atoms with Gasteiger partial charge in [0.05, 0.1) is 0 Å². The Labute approximate surface area is 90.3 Å². The van der Waals surface area contributed by atoms with Crippen LogP contribution in [-0.2, 0) is 15.1 Å². The van der Waals surface area contributed by atoms with Crippen LogP contribution in [0.4, 0.5) is 0 Å². The predicted octanol–water partition coefficient (Wildman–Crippen LogP) is -0.995. The minimum atomic E-state index is -0.934. The molecule has 6 heteroatoms. The standard InChI is InChI=1S/C10H9N3O3/c14-7-2-1-3-11-13(7)10-4-6(5-10)8(15)12-9(10)16/h1-3,6H,4-5H2,(H,12,15,16). The van der Waals surface area contributed by atoms with E-state index in [1.807, 2.05) is 0 Å². The van der Waals surface area contributed by atoms with Crippen LogP contribution in [0, 0.1) is 5.92 Å². The van der Waals surface area contributed by atoms with Crippen molar-refractivity contribution < 1.29 is 9.59 Å². The first-order chi connectivity index (χ1) is 7.63. The zero-order chi connectivity index (χ0) is 11.3. The molecule has 1 aliphatic carbocycles. The number of piperidine rings is 2. The average Bonchev–Trinajstić information content (AvgIpc) is 2.17. The molecule has 0 unspecified atom stereocenters. The third-order valence-electron chi connectivity index (χ3n) is 3.32. The fourth-order valence-electron chi connectivity index (χ4n) is 2.41. The molecule has 3 heterocycles. The molecule has 16 heavy (non-hydrogen) atoms. The van der Waals surface area contributed by atoms with E-state index in [0.29, 0.717) is 12.8 Å². The number of carbonyl (C=O) groups is 2. The zero-order valence-corrected chi connectivity index (χ0v) is 8.34. The number of amides is 2. The Morgan fingerprint density at radius 2 is 2.12 bits per heavy atom. The van der Waals surface area contributed by atoms with Crippen LogP contribution >= 0.6 is 0 Å². The van der Waals surface area contributed by atoms with Crippen LogP contribution in [0.15, 0.2) is 23.1 Å². The summed E-state index contributed by atoms with van der Waals surface area (Å²) >= 11 is 0. The molecule has 1 N–H and O–H groups in total. The van der Waals surface area contributed by atoms with E-state index in [2.05, 4.69) is 10.4 Å². The number of imide groups is 1. The molecule has 6 nitrogen and oxygen atoms in total. The molecule has 1 saturated carbocycles. The van der Waals surface area contributed by atoms with E-state index in [0.717, 1.165) is 0 Å². The summed E-state index contributed by atoms with van der Waals surface area (Å²) in [5.41, 5.74) is -1.25. The molecule has 2 amide bonds. The molecule has 3 fully saturated rings. The summed E-state index contributed by atoms with van der Waals surface area (Å²) in [6.45, 7) is 0. The number of nitrogens with one attached hydrogen (secondary N) is 1. The molecule has 1 aromatic rings. The summed E-state index contributed by atoms with van der Waals surface area (Å²) < 4.78 is 1.19. The van der Waals surface area contributed by atoms with Crippen molar-refractivity contribution in [2.75, 3.05) is 0 Å². The maximum absolute atomic E-state index is 11.8. The van der Waals surface area contributed by atoms with Crippen LogP contribution in [0.2, 0.25) is 0 Å². The molecule has 82 valence electrons. The smallest absolute Gasteiger partial charge is 0.267 e. The van der Waals surface area contributed by atoms with Gasteiger partial charge in [-0.2, -0.15) is 5.10 Å². The molecule has 2 bridgehead atoms.